The first kappa shape index (κ1) is 9.43. The molecule has 0 saturated carbocycles. The van der Waals surface area contributed by atoms with Gasteiger partial charge in [0.2, 0.25) is 0 Å². The molecule has 0 spiro atoms. The molecular weight excluding hydrogens is 277 g/mol. The first-order chi connectivity index (χ1) is 6.36. The number of hydroxylamine groups is 1. The van der Waals surface area contributed by atoms with Crippen LogP contribution in [-0.4, -0.2) is 14.9 Å². The van der Waals surface area contributed by atoms with Crippen molar-refractivity contribution in [1.29, 1.82) is 0 Å². The van der Waals surface area contributed by atoms with Crippen LogP contribution < -0.4 is 26.3 Å². The second kappa shape index (κ2) is 4.39. The summed E-state index contributed by atoms with van der Waals surface area (Å²) < 4.78 is 2.21. The summed E-state index contributed by atoms with van der Waals surface area (Å²) in [5.74, 6) is 0. The van der Waals surface area contributed by atoms with E-state index >= 15 is 0 Å². The van der Waals surface area contributed by atoms with Crippen molar-refractivity contribution in [3.63, 3.8) is 0 Å². The molecule has 1 saturated heterocycles. The molecule has 0 bridgehead atoms. The molecule has 1 aromatic carbocycles. The van der Waals surface area contributed by atoms with Crippen molar-refractivity contribution in [2.75, 3.05) is 11.0 Å². The van der Waals surface area contributed by atoms with Crippen molar-refractivity contribution >= 4 is 5.69 Å². The number of quaternary nitrogens is 1. The molecule has 13 heavy (non-hydrogen) atoms. The van der Waals surface area contributed by atoms with E-state index in [-0.39, 0.29) is 0 Å². The summed E-state index contributed by atoms with van der Waals surface area (Å²) in [4.78, 5) is 0. The normalized spacial score (nSPS) is 24.2. The molecule has 0 aromatic heterocycles. The van der Waals surface area contributed by atoms with E-state index < -0.39 is 0 Å². The number of hydrogen-bond acceptors (Lipinski definition) is 1. The first-order valence-electron chi connectivity index (χ1n) is 4.52. The number of rotatable bonds is 3. The molecule has 0 radical (unpaired) electrons. The fourth-order valence-electron chi connectivity index (χ4n) is 1.36. The van der Waals surface area contributed by atoms with E-state index in [0.29, 0.717) is 26.3 Å². The van der Waals surface area contributed by atoms with Crippen LogP contribution >= 0.6 is 0 Å². The molecule has 1 fully saturated rings. The Bertz CT molecular complexity index is 261. The zero-order valence-corrected chi connectivity index (χ0v) is 9.53. The Morgan fingerprint density at radius 2 is 2.08 bits per heavy atom. The zero-order valence-electron chi connectivity index (χ0n) is 7.37. The third-order valence-electron chi connectivity index (χ3n) is 2.25. The van der Waals surface area contributed by atoms with Crippen LogP contribution in [0.4, 0.5) is 5.69 Å². The van der Waals surface area contributed by atoms with Gasteiger partial charge >= 0.3 is 88.8 Å². The molecule has 0 amide bonds. The van der Waals surface area contributed by atoms with Crippen LogP contribution in [0.2, 0.25) is 0 Å². The molecule has 2 unspecified atom stereocenters. The average molecular weight is 290 g/mol. The molecule has 0 aliphatic carbocycles. The molecule has 72 valence electrons. The van der Waals surface area contributed by atoms with Gasteiger partial charge in [0.1, 0.15) is 0 Å². The van der Waals surface area contributed by atoms with E-state index in [9.17, 15) is 5.21 Å². The fourth-order valence-corrected chi connectivity index (χ4v) is 3.58. The van der Waals surface area contributed by atoms with Crippen LogP contribution in [0.25, 0.3) is 0 Å². The number of halogens is 1. The second-order valence-electron chi connectivity index (χ2n) is 3.22. The molecule has 1 aliphatic heterocycles. The average Bonchev–Trinajstić information content (AvgIpc) is 2.12. The van der Waals surface area contributed by atoms with Crippen LogP contribution in [0.15, 0.2) is 30.3 Å². The van der Waals surface area contributed by atoms with E-state index in [1.54, 1.807) is 0 Å². The minimum absolute atomic E-state index is 0.338. The Kier molecular flexibility index (Phi) is 3.18. The van der Waals surface area contributed by atoms with Crippen molar-refractivity contribution in [3.05, 3.63) is 35.5 Å². The maximum atomic E-state index is 11.7. The summed E-state index contributed by atoms with van der Waals surface area (Å²) in [5, 5.41) is 12.0. The van der Waals surface area contributed by atoms with Gasteiger partial charge in [-0.25, -0.2) is 0 Å². The van der Waals surface area contributed by atoms with E-state index in [4.69, 9.17) is 0 Å². The SMILES string of the molecule is [O-][NH+](CC1CC[I-]1)c1ccccc1. The van der Waals surface area contributed by atoms with Crippen molar-refractivity contribution in [1.82, 2.24) is 0 Å². The number of benzene rings is 1. The quantitative estimate of drug-likeness (QED) is 0.374. The molecule has 2 nitrogen and oxygen atoms in total. The van der Waals surface area contributed by atoms with Gasteiger partial charge in [-0.05, 0) is 0 Å². The minimum atomic E-state index is 0.338. The van der Waals surface area contributed by atoms with Crippen LogP contribution in [0.5, 0.6) is 0 Å². The summed E-state index contributed by atoms with van der Waals surface area (Å²) in [6, 6.07) is 9.65. The third-order valence-corrected chi connectivity index (χ3v) is 5.81. The van der Waals surface area contributed by atoms with Gasteiger partial charge in [-0.2, -0.15) is 0 Å². The molecule has 1 aromatic rings. The first-order valence-corrected chi connectivity index (χ1v) is 7.29. The van der Waals surface area contributed by atoms with Crippen LogP contribution in [-0.2, 0) is 0 Å². The van der Waals surface area contributed by atoms with E-state index in [1.165, 1.54) is 10.8 Å². The fraction of sp³-hybridized carbons (Fsp3) is 0.400. The summed E-state index contributed by atoms with van der Waals surface area (Å²) >= 11 is 0.379. The Morgan fingerprint density at radius 3 is 2.62 bits per heavy atom. The summed E-state index contributed by atoms with van der Waals surface area (Å²) in [6.45, 7) is 0.803. The van der Waals surface area contributed by atoms with Crippen LogP contribution in [0, 0.1) is 5.21 Å². The number of hydrogen-bond donors (Lipinski definition) is 1. The van der Waals surface area contributed by atoms with Gasteiger partial charge in [0, 0.05) is 0 Å². The summed E-state index contributed by atoms with van der Waals surface area (Å²) in [6.07, 6.45) is 1.30. The zero-order chi connectivity index (χ0) is 9.10. The van der Waals surface area contributed by atoms with Crippen molar-refractivity contribution in [3.8, 4) is 0 Å². The monoisotopic (exact) mass is 290 g/mol. The maximum absolute atomic E-state index is 11.7. The number of nitrogens with one attached hydrogen (secondary N) is 1. The van der Waals surface area contributed by atoms with Gasteiger partial charge < -0.3 is 0 Å². The molecule has 2 rings (SSSR count). The Morgan fingerprint density at radius 1 is 1.38 bits per heavy atom. The Hall–Kier alpha value is -0.130. The molecule has 1 N–H and O–H groups in total. The molecular formula is C10H13INO-. The van der Waals surface area contributed by atoms with Crippen LogP contribution in [0.1, 0.15) is 6.42 Å². The van der Waals surface area contributed by atoms with Gasteiger partial charge in [-0.1, -0.05) is 0 Å². The Labute approximate surface area is 88.8 Å². The van der Waals surface area contributed by atoms with Crippen molar-refractivity contribution in [2.24, 2.45) is 0 Å². The standard InChI is InChI=1S/C10H13INO/c13-12(8-9-6-7-11-9)10-4-2-1-3-5-10/h1-5,9,12H,6-8H2/q-1. The van der Waals surface area contributed by atoms with E-state index in [2.05, 4.69) is 0 Å². The summed E-state index contributed by atoms with van der Waals surface area (Å²) in [7, 11) is 0. The molecule has 3 heteroatoms. The van der Waals surface area contributed by atoms with E-state index in [1.807, 2.05) is 30.3 Å². The molecule has 1 heterocycles. The Balaban J connectivity index is 1.92. The number of para-hydroxylation sites is 1. The van der Waals surface area contributed by atoms with Crippen molar-refractivity contribution in [2.45, 2.75) is 10.3 Å². The van der Waals surface area contributed by atoms with Crippen LogP contribution in [0.3, 0.4) is 0 Å². The second-order valence-corrected chi connectivity index (χ2v) is 6.94. The third kappa shape index (κ3) is 2.42. The van der Waals surface area contributed by atoms with Gasteiger partial charge in [0.05, 0.1) is 0 Å². The topological polar surface area (TPSA) is 27.5 Å². The molecule has 2 atom stereocenters. The predicted molar refractivity (Wildman–Crippen MR) is 48.6 cm³/mol. The van der Waals surface area contributed by atoms with Gasteiger partial charge in [0.25, 0.3) is 0 Å². The van der Waals surface area contributed by atoms with Crippen molar-refractivity contribution < 1.29 is 26.3 Å². The summed E-state index contributed by atoms with van der Waals surface area (Å²) in [5.41, 5.74) is 0.887. The van der Waals surface area contributed by atoms with Gasteiger partial charge in [-0.3, -0.25) is 0 Å². The van der Waals surface area contributed by atoms with Gasteiger partial charge in [-0.15, -0.1) is 0 Å². The number of alkyl halides is 2. The molecule has 1 aliphatic rings. The predicted octanol–water partition coefficient (Wildman–Crippen LogP) is -2.44. The van der Waals surface area contributed by atoms with E-state index in [0.717, 1.165) is 16.2 Å². The van der Waals surface area contributed by atoms with Gasteiger partial charge in [0.15, 0.2) is 0 Å².